The minimum absolute atomic E-state index is 0.0377. The molecule has 1 aliphatic rings. The van der Waals surface area contributed by atoms with Crippen LogP contribution in [0.25, 0.3) is 0 Å². The van der Waals surface area contributed by atoms with E-state index in [1.54, 1.807) is 0 Å². The molecular weight excluding hydrogens is 226 g/mol. The minimum atomic E-state index is -0.0377. The maximum Gasteiger partial charge on any atom is 0.221 e. The number of hydrogen-bond donors (Lipinski definition) is 2. The second-order valence-corrected chi connectivity index (χ2v) is 6.26. The highest BCUT2D eigenvalue weighted by Gasteiger charge is 2.29. The number of rotatable bonds is 6. The molecule has 1 amide bonds. The molecule has 1 aliphatic heterocycles. The zero-order valence-corrected chi connectivity index (χ0v) is 12.4. The standard InChI is InChI=1S/C14H29N3O/c1-12(2)5-6-16-13(18)11-14(3,4)17-9-7-15-8-10-17/h12,15H,5-11H2,1-4H3,(H,16,18). The Morgan fingerprint density at radius 2 is 1.94 bits per heavy atom. The van der Waals surface area contributed by atoms with Gasteiger partial charge in [0.2, 0.25) is 5.91 Å². The second kappa shape index (κ2) is 7.10. The van der Waals surface area contributed by atoms with Gasteiger partial charge in [-0.1, -0.05) is 13.8 Å². The lowest BCUT2D eigenvalue weighted by atomic mass is 9.96. The van der Waals surface area contributed by atoms with Crippen LogP contribution in [-0.4, -0.2) is 49.1 Å². The largest absolute Gasteiger partial charge is 0.356 e. The van der Waals surface area contributed by atoms with E-state index in [0.717, 1.165) is 39.1 Å². The SMILES string of the molecule is CC(C)CCNC(=O)CC(C)(C)N1CCNCC1. The zero-order valence-electron chi connectivity index (χ0n) is 12.4. The molecule has 0 aromatic heterocycles. The lowest BCUT2D eigenvalue weighted by molar-refractivity contribution is -0.123. The molecule has 0 bridgehead atoms. The van der Waals surface area contributed by atoms with Crippen molar-refractivity contribution < 1.29 is 4.79 Å². The molecule has 106 valence electrons. The van der Waals surface area contributed by atoms with Gasteiger partial charge in [-0.05, 0) is 26.2 Å². The van der Waals surface area contributed by atoms with Crippen LogP contribution in [0.4, 0.5) is 0 Å². The van der Waals surface area contributed by atoms with Gasteiger partial charge in [0.15, 0.2) is 0 Å². The predicted molar refractivity (Wildman–Crippen MR) is 75.6 cm³/mol. The molecule has 1 saturated heterocycles. The van der Waals surface area contributed by atoms with Gasteiger partial charge in [0.1, 0.15) is 0 Å². The Kier molecular flexibility index (Phi) is 6.09. The maximum atomic E-state index is 11.9. The molecule has 2 N–H and O–H groups in total. The van der Waals surface area contributed by atoms with E-state index in [0.29, 0.717) is 12.3 Å². The zero-order chi connectivity index (χ0) is 13.6. The average Bonchev–Trinajstić information content (AvgIpc) is 2.29. The van der Waals surface area contributed by atoms with E-state index in [2.05, 4.69) is 43.2 Å². The number of piperazine rings is 1. The van der Waals surface area contributed by atoms with E-state index in [-0.39, 0.29) is 11.4 Å². The Hall–Kier alpha value is -0.610. The van der Waals surface area contributed by atoms with Gasteiger partial charge in [-0.15, -0.1) is 0 Å². The molecule has 0 atom stereocenters. The first-order chi connectivity index (χ1) is 8.42. The van der Waals surface area contributed by atoms with Crippen molar-refractivity contribution in [3.63, 3.8) is 0 Å². The lowest BCUT2D eigenvalue weighted by Gasteiger charge is -2.40. The fourth-order valence-corrected chi connectivity index (χ4v) is 2.34. The Bertz CT molecular complexity index is 258. The number of amides is 1. The Morgan fingerprint density at radius 3 is 2.50 bits per heavy atom. The van der Waals surface area contributed by atoms with Crippen LogP contribution >= 0.6 is 0 Å². The number of hydrogen-bond acceptors (Lipinski definition) is 3. The molecule has 0 aromatic rings. The van der Waals surface area contributed by atoms with Crippen LogP contribution in [0.1, 0.15) is 40.5 Å². The van der Waals surface area contributed by atoms with Gasteiger partial charge in [-0.2, -0.15) is 0 Å². The van der Waals surface area contributed by atoms with Crippen LogP contribution < -0.4 is 10.6 Å². The first-order valence-corrected chi connectivity index (χ1v) is 7.14. The number of nitrogens with one attached hydrogen (secondary N) is 2. The van der Waals surface area contributed by atoms with E-state index < -0.39 is 0 Å². The summed E-state index contributed by atoms with van der Waals surface area (Å²) in [5.41, 5.74) is -0.0377. The summed E-state index contributed by atoms with van der Waals surface area (Å²) in [5.74, 6) is 0.825. The van der Waals surface area contributed by atoms with Crippen molar-refractivity contribution in [2.75, 3.05) is 32.7 Å². The highest BCUT2D eigenvalue weighted by molar-refractivity contribution is 5.77. The first kappa shape index (κ1) is 15.4. The van der Waals surface area contributed by atoms with Crippen LogP contribution in [0.3, 0.4) is 0 Å². The van der Waals surface area contributed by atoms with Gasteiger partial charge in [0.05, 0.1) is 0 Å². The lowest BCUT2D eigenvalue weighted by Crippen LogP contribution is -2.54. The van der Waals surface area contributed by atoms with Gasteiger partial charge in [0.25, 0.3) is 0 Å². The Labute approximate surface area is 111 Å². The quantitative estimate of drug-likeness (QED) is 0.750. The van der Waals surface area contributed by atoms with Gasteiger partial charge < -0.3 is 10.6 Å². The smallest absolute Gasteiger partial charge is 0.221 e. The van der Waals surface area contributed by atoms with Crippen LogP contribution in [-0.2, 0) is 4.79 Å². The Morgan fingerprint density at radius 1 is 1.33 bits per heavy atom. The van der Waals surface area contributed by atoms with Crippen molar-refractivity contribution in [1.29, 1.82) is 0 Å². The van der Waals surface area contributed by atoms with E-state index in [1.807, 2.05) is 0 Å². The fraction of sp³-hybridized carbons (Fsp3) is 0.929. The van der Waals surface area contributed by atoms with Crippen molar-refractivity contribution in [3.8, 4) is 0 Å². The third-order valence-corrected chi connectivity index (χ3v) is 3.61. The number of carbonyl (C=O) groups is 1. The van der Waals surface area contributed by atoms with Crippen molar-refractivity contribution in [1.82, 2.24) is 15.5 Å². The monoisotopic (exact) mass is 255 g/mol. The minimum Gasteiger partial charge on any atom is -0.356 e. The van der Waals surface area contributed by atoms with Gasteiger partial charge in [-0.3, -0.25) is 9.69 Å². The number of carbonyl (C=O) groups excluding carboxylic acids is 1. The van der Waals surface area contributed by atoms with Crippen LogP contribution in [0.15, 0.2) is 0 Å². The summed E-state index contributed by atoms with van der Waals surface area (Å²) >= 11 is 0. The summed E-state index contributed by atoms with van der Waals surface area (Å²) < 4.78 is 0. The molecule has 1 fully saturated rings. The molecule has 0 radical (unpaired) electrons. The molecule has 0 aromatic carbocycles. The van der Waals surface area contributed by atoms with Crippen molar-refractivity contribution in [3.05, 3.63) is 0 Å². The molecule has 0 aliphatic carbocycles. The molecule has 1 heterocycles. The topological polar surface area (TPSA) is 44.4 Å². The van der Waals surface area contributed by atoms with Crippen molar-refractivity contribution in [2.45, 2.75) is 46.1 Å². The van der Waals surface area contributed by atoms with E-state index in [9.17, 15) is 4.79 Å². The van der Waals surface area contributed by atoms with Gasteiger partial charge in [0, 0.05) is 44.7 Å². The van der Waals surface area contributed by atoms with E-state index >= 15 is 0 Å². The van der Waals surface area contributed by atoms with Crippen molar-refractivity contribution in [2.24, 2.45) is 5.92 Å². The van der Waals surface area contributed by atoms with Crippen molar-refractivity contribution >= 4 is 5.91 Å². The summed E-state index contributed by atoms with van der Waals surface area (Å²) in [6.07, 6.45) is 1.64. The molecule has 1 rings (SSSR count). The molecule has 4 nitrogen and oxygen atoms in total. The van der Waals surface area contributed by atoms with E-state index in [1.165, 1.54) is 0 Å². The molecule has 4 heteroatoms. The molecular formula is C14H29N3O. The summed E-state index contributed by atoms with van der Waals surface area (Å²) in [6.45, 7) is 13.6. The summed E-state index contributed by atoms with van der Waals surface area (Å²) in [4.78, 5) is 14.3. The second-order valence-electron chi connectivity index (χ2n) is 6.26. The van der Waals surface area contributed by atoms with Gasteiger partial charge in [-0.25, -0.2) is 0 Å². The van der Waals surface area contributed by atoms with Crippen LogP contribution in [0, 0.1) is 5.92 Å². The van der Waals surface area contributed by atoms with E-state index in [4.69, 9.17) is 0 Å². The average molecular weight is 255 g/mol. The third kappa shape index (κ3) is 5.36. The number of nitrogens with zero attached hydrogens (tertiary/aromatic N) is 1. The summed E-state index contributed by atoms with van der Waals surface area (Å²) in [7, 11) is 0. The normalized spacial score (nSPS) is 18.1. The summed E-state index contributed by atoms with van der Waals surface area (Å²) in [6, 6.07) is 0. The third-order valence-electron chi connectivity index (χ3n) is 3.61. The molecule has 0 unspecified atom stereocenters. The summed E-state index contributed by atoms with van der Waals surface area (Å²) in [5, 5.41) is 6.37. The van der Waals surface area contributed by atoms with Gasteiger partial charge >= 0.3 is 0 Å². The van der Waals surface area contributed by atoms with Crippen LogP contribution in [0.2, 0.25) is 0 Å². The Balaban J connectivity index is 2.32. The highest BCUT2D eigenvalue weighted by atomic mass is 16.1. The fourth-order valence-electron chi connectivity index (χ4n) is 2.34. The maximum absolute atomic E-state index is 11.9. The first-order valence-electron chi connectivity index (χ1n) is 7.14. The molecule has 18 heavy (non-hydrogen) atoms. The highest BCUT2D eigenvalue weighted by Crippen LogP contribution is 2.19. The molecule has 0 saturated carbocycles. The van der Waals surface area contributed by atoms with Crippen LogP contribution in [0.5, 0.6) is 0 Å². The molecule has 0 spiro atoms. The predicted octanol–water partition coefficient (Wildman–Crippen LogP) is 1.22.